The fourth-order valence-corrected chi connectivity index (χ4v) is 2.80. The molecule has 2 atom stereocenters. The first-order valence-corrected chi connectivity index (χ1v) is 7.88. The van der Waals surface area contributed by atoms with Gasteiger partial charge < -0.3 is 15.3 Å². The van der Waals surface area contributed by atoms with Crippen LogP contribution in [0.4, 0.5) is 0 Å². The van der Waals surface area contributed by atoms with Gasteiger partial charge in [-0.15, -0.1) is 0 Å². The number of nitrogens with one attached hydrogen (secondary N) is 1. The third-order valence-electron chi connectivity index (χ3n) is 4.23. The highest BCUT2D eigenvalue weighted by Gasteiger charge is 2.41. The van der Waals surface area contributed by atoms with Gasteiger partial charge in [0.15, 0.2) is 0 Å². The van der Waals surface area contributed by atoms with Crippen LogP contribution < -0.4 is 5.32 Å². The molecule has 0 radical (unpaired) electrons. The number of carboxylic acids is 1. The summed E-state index contributed by atoms with van der Waals surface area (Å²) in [5.41, 5.74) is 0. The third kappa shape index (κ3) is 3.95. The normalized spacial score (nSPS) is 22.9. The van der Waals surface area contributed by atoms with E-state index >= 15 is 0 Å². The molecule has 0 aromatic heterocycles. The van der Waals surface area contributed by atoms with E-state index in [4.69, 9.17) is 5.11 Å². The smallest absolute Gasteiger partial charge is 0.326 e. The van der Waals surface area contributed by atoms with Gasteiger partial charge in [-0.3, -0.25) is 9.59 Å². The van der Waals surface area contributed by atoms with Crippen molar-refractivity contribution < 1.29 is 19.5 Å². The molecule has 2 N–H and O–H groups in total. The number of hydrogen-bond acceptors (Lipinski definition) is 3. The van der Waals surface area contributed by atoms with Gasteiger partial charge in [0.05, 0.1) is 0 Å². The molecule has 1 saturated carbocycles. The quantitative estimate of drug-likeness (QED) is 0.738. The average Bonchev–Trinajstić information content (AvgIpc) is 3.18. The van der Waals surface area contributed by atoms with Crippen molar-refractivity contribution in [3.8, 4) is 0 Å². The number of carboxylic acid groups (broad SMARTS) is 1. The Morgan fingerprint density at radius 1 is 1.29 bits per heavy atom. The van der Waals surface area contributed by atoms with Gasteiger partial charge in [-0.05, 0) is 32.1 Å². The van der Waals surface area contributed by atoms with Crippen LogP contribution in [0, 0.1) is 5.92 Å². The molecule has 2 rings (SSSR count). The second kappa shape index (κ2) is 6.91. The zero-order valence-electron chi connectivity index (χ0n) is 12.5. The number of nitrogens with zero attached hydrogens (tertiary/aromatic N) is 1. The molecule has 2 amide bonds. The van der Waals surface area contributed by atoms with Crippen LogP contribution in [-0.4, -0.2) is 46.4 Å². The van der Waals surface area contributed by atoms with E-state index in [1.165, 1.54) is 0 Å². The molecule has 1 saturated heterocycles. The lowest BCUT2D eigenvalue weighted by molar-refractivity contribution is -0.144. The van der Waals surface area contributed by atoms with Crippen LogP contribution in [0.3, 0.4) is 0 Å². The van der Waals surface area contributed by atoms with E-state index < -0.39 is 18.1 Å². The van der Waals surface area contributed by atoms with Crippen molar-refractivity contribution in [2.75, 3.05) is 6.54 Å². The molecule has 1 aliphatic carbocycles. The van der Waals surface area contributed by atoms with Gasteiger partial charge in [0.1, 0.15) is 12.1 Å². The predicted molar refractivity (Wildman–Crippen MR) is 76.6 cm³/mol. The maximum atomic E-state index is 12.3. The molecule has 2 aliphatic rings. The van der Waals surface area contributed by atoms with Crippen LogP contribution in [0.25, 0.3) is 0 Å². The van der Waals surface area contributed by atoms with Gasteiger partial charge in [0, 0.05) is 12.5 Å². The van der Waals surface area contributed by atoms with E-state index in [1.807, 2.05) is 6.92 Å². The minimum absolute atomic E-state index is 0.0630. The van der Waals surface area contributed by atoms with E-state index in [0.29, 0.717) is 19.4 Å². The molecule has 21 heavy (non-hydrogen) atoms. The van der Waals surface area contributed by atoms with E-state index in [1.54, 1.807) is 4.90 Å². The summed E-state index contributed by atoms with van der Waals surface area (Å²) in [6.45, 7) is 2.59. The SMILES string of the molecule is CCCCC(NC(=O)C1CCCN1C(=O)C1CC1)C(=O)O. The van der Waals surface area contributed by atoms with Gasteiger partial charge in [0.2, 0.25) is 11.8 Å². The summed E-state index contributed by atoms with van der Waals surface area (Å²) in [5.74, 6) is -1.17. The first kappa shape index (κ1) is 15.8. The standard InChI is InChI=1S/C15H24N2O4/c1-2-3-5-11(15(20)21)16-13(18)12-6-4-9-17(12)14(19)10-7-8-10/h10-12H,2-9H2,1H3,(H,16,18)(H,20,21). The molecule has 6 nitrogen and oxygen atoms in total. The Labute approximate surface area is 124 Å². The molecule has 2 unspecified atom stereocenters. The van der Waals surface area contributed by atoms with Crippen LogP contribution in [0.15, 0.2) is 0 Å². The lowest BCUT2D eigenvalue weighted by Crippen LogP contribution is -2.51. The van der Waals surface area contributed by atoms with Gasteiger partial charge >= 0.3 is 5.97 Å². The van der Waals surface area contributed by atoms with Crippen LogP contribution in [0.2, 0.25) is 0 Å². The number of likely N-dealkylation sites (tertiary alicyclic amines) is 1. The number of carbonyl (C=O) groups is 3. The molecular weight excluding hydrogens is 272 g/mol. The van der Waals surface area contributed by atoms with Crippen molar-refractivity contribution in [2.24, 2.45) is 5.92 Å². The fraction of sp³-hybridized carbons (Fsp3) is 0.800. The Kier molecular flexibility index (Phi) is 5.20. The number of aliphatic carboxylic acids is 1. The molecular formula is C15H24N2O4. The number of hydrogen-bond donors (Lipinski definition) is 2. The zero-order valence-corrected chi connectivity index (χ0v) is 12.5. The van der Waals surface area contributed by atoms with E-state index in [0.717, 1.165) is 32.1 Å². The highest BCUT2D eigenvalue weighted by atomic mass is 16.4. The van der Waals surface area contributed by atoms with Crippen molar-refractivity contribution in [3.05, 3.63) is 0 Å². The Morgan fingerprint density at radius 3 is 2.57 bits per heavy atom. The highest BCUT2D eigenvalue weighted by Crippen LogP contribution is 2.33. The molecule has 1 aliphatic heterocycles. The first-order valence-electron chi connectivity index (χ1n) is 7.88. The van der Waals surface area contributed by atoms with Crippen LogP contribution in [0.5, 0.6) is 0 Å². The summed E-state index contributed by atoms with van der Waals surface area (Å²) in [6.07, 6.45) is 5.34. The second-order valence-electron chi connectivity index (χ2n) is 6.01. The van der Waals surface area contributed by atoms with Crippen molar-refractivity contribution >= 4 is 17.8 Å². The van der Waals surface area contributed by atoms with Crippen molar-refractivity contribution in [3.63, 3.8) is 0 Å². The van der Waals surface area contributed by atoms with Crippen LogP contribution in [0.1, 0.15) is 51.9 Å². The van der Waals surface area contributed by atoms with E-state index in [2.05, 4.69) is 5.32 Å². The summed E-state index contributed by atoms with van der Waals surface area (Å²) in [4.78, 5) is 37.3. The zero-order chi connectivity index (χ0) is 15.4. The molecule has 1 heterocycles. The highest BCUT2D eigenvalue weighted by molar-refractivity contribution is 5.92. The Morgan fingerprint density at radius 2 is 2.00 bits per heavy atom. The Balaban J connectivity index is 1.93. The fourth-order valence-electron chi connectivity index (χ4n) is 2.80. The average molecular weight is 296 g/mol. The largest absolute Gasteiger partial charge is 0.480 e. The Hall–Kier alpha value is -1.59. The Bertz CT molecular complexity index is 420. The minimum Gasteiger partial charge on any atom is -0.480 e. The summed E-state index contributed by atoms with van der Waals surface area (Å²) in [6, 6.07) is -1.34. The predicted octanol–water partition coefficient (Wildman–Crippen LogP) is 1.15. The van der Waals surface area contributed by atoms with Crippen LogP contribution >= 0.6 is 0 Å². The summed E-state index contributed by atoms with van der Waals surface area (Å²) < 4.78 is 0. The van der Waals surface area contributed by atoms with E-state index in [9.17, 15) is 14.4 Å². The maximum absolute atomic E-state index is 12.3. The van der Waals surface area contributed by atoms with Gasteiger partial charge in [0.25, 0.3) is 0 Å². The van der Waals surface area contributed by atoms with Crippen molar-refractivity contribution in [1.29, 1.82) is 0 Å². The maximum Gasteiger partial charge on any atom is 0.326 e. The molecule has 6 heteroatoms. The van der Waals surface area contributed by atoms with E-state index in [-0.39, 0.29) is 17.7 Å². The number of unbranched alkanes of at least 4 members (excludes halogenated alkanes) is 1. The second-order valence-corrected chi connectivity index (χ2v) is 6.01. The molecule has 0 aromatic rings. The van der Waals surface area contributed by atoms with Crippen molar-refractivity contribution in [1.82, 2.24) is 10.2 Å². The topological polar surface area (TPSA) is 86.7 Å². The summed E-state index contributed by atoms with van der Waals surface area (Å²) in [5, 5.41) is 11.8. The van der Waals surface area contributed by atoms with Gasteiger partial charge in [-0.1, -0.05) is 19.8 Å². The molecule has 2 fully saturated rings. The monoisotopic (exact) mass is 296 g/mol. The summed E-state index contributed by atoms with van der Waals surface area (Å²) >= 11 is 0. The molecule has 0 spiro atoms. The first-order chi connectivity index (χ1) is 10.0. The summed E-state index contributed by atoms with van der Waals surface area (Å²) in [7, 11) is 0. The number of amides is 2. The number of rotatable bonds is 7. The third-order valence-corrected chi connectivity index (χ3v) is 4.23. The van der Waals surface area contributed by atoms with Crippen molar-refractivity contribution in [2.45, 2.75) is 64.0 Å². The van der Waals surface area contributed by atoms with Gasteiger partial charge in [-0.25, -0.2) is 4.79 Å². The van der Waals surface area contributed by atoms with Crippen LogP contribution in [-0.2, 0) is 14.4 Å². The lowest BCUT2D eigenvalue weighted by Gasteiger charge is -2.25. The number of carbonyl (C=O) groups excluding carboxylic acids is 2. The lowest BCUT2D eigenvalue weighted by atomic mass is 10.1. The molecule has 0 aromatic carbocycles. The van der Waals surface area contributed by atoms with Gasteiger partial charge in [-0.2, -0.15) is 0 Å². The molecule has 0 bridgehead atoms. The minimum atomic E-state index is -1.00. The molecule has 118 valence electrons.